The van der Waals surface area contributed by atoms with Gasteiger partial charge in [0, 0.05) is 30.1 Å². The lowest BCUT2D eigenvalue weighted by Gasteiger charge is -2.16. The molecular formula is C17H24F2IN3O4. The summed E-state index contributed by atoms with van der Waals surface area (Å²) in [6.07, 6.45) is 1.95. The van der Waals surface area contributed by atoms with Gasteiger partial charge in [-0.3, -0.25) is 0 Å². The fourth-order valence-corrected chi connectivity index (χ4v) is 2.64. The summed E-state index contributed by atoms with van der Waals surface area (Å²) in [5.41, 5.74) is 0.397. The Morgan fingerprint density at radius 2 is 2.00 bits per heavy atom. The smallest absolute Gasteiger partial charge is 0.387 e. The summed E-state index contributed by atoms with van der Waals surface area (Å²) >= 11 is 0. The van der Waals surface area contributed by atoms with Crippen LogP contribution in [0.5, 0.6) is 17.2 Å². The molecule has 1 aliphatic carbocycles. The molecule has 0 spiro atoms. The fourth-order valence-electron chi connectivity index (χ4n) is 2.64. The van der Waals surface area contributed by atoms with Gasteiger partial charge < -0.3 is 30.0 Å². The number of aliphatic hydroxyl groups is 1. The van der Waals surface area contributed by atoms with Gasteiger partial charge in [-0.1, -0.05) is 0 Å². The molecule has 1 heterocycles. The van der Waals surface area contributed by atoms with Crippen LogP contribution in [0.25, 0.3) is 0 Å². The first-order valence-corrected chi connectivity index (χ1v) is 8.55. The largest absolute Gasteiger partial charge is 0.454 e. The maximum atomic E-state index is 12.7. The number of alkyl halides is 2. The SMILES string of the molecule is CCNC(=NCc1cc2c(cc1OC(F)F)OCO2)NCC1(CO)CC1.I. The first-order valence-electron chi connectivity index (χ1n) is 8.55. The van der Waals surface area contributed by atoms with Crippen LogP contribution >= 0.6 is 24.0 Å². The van der Waals surface area contributed by atoms with Gasteiger partial charge in [-0.2, -0.15) is 8.78 Å². The van der Waals surface area contributed by atoms with E-state index in [-0.39, 0.29) is 55.1 Å². The Morgan fingerprint density at radius 1 is 1.30 bits per heavy atom. The summed E-state index contributed by atoms with van der Waals surface area (Å²) in [5.74, 6) is 1.41. The van der Waals surface area contributed by atoms with Gasteiger partial charge in [0.2, 0.25) is 6.79 Å². The molecule has 0 amide bonds. The maximum Gasteiger partial charge on any atom is 0.387 e. The minimum atomic E-state index is -2.94. The van der Waals surface area contributed by atoms with Crippen LogP contribution in [0.2, 0.25) is 0 Å². The van der Waals surface area contributed by atoms with Crippen LogP contribution in [0, 0.1) is 5.41 Å². The molecule has 3 N–H and O–H groups in total. The number of guanidine groups is 1. The zero-order valence-electron chi connectivity index (χ0n) is 15.0. The van der Waals surface area contributed by atoms with Gasteiger partial charge in [-0.15, -0.1) is 24.0 Å². The molecule has 10 heteroatoms. The normalized spacial score (nSPS) is 16.7. The van der Waals surface area contributed by atoms with Crippen molar-refractivity contribution in [1.82, 2.24) is 10.6 Å². The predicted molar refractivity (Wildman–Crippen MR) is 106 cm³/mol. The Labute approximate surface area is 173 Å². The van der Waals surface area contributed by atoms with E-state index in [0.29, 0.717) is 36.1 Å². The van der Waals surface area contributed by atoms with Gasteiger partial charge in [-0.05, 0) is 25.8 Å². The van der Waals surface area contributed by atoms with E-state index in [2.05, 4.69) is 20.4 Å². The molecule has 152 valence electrons. The molecule has 27 heavy (non-hydrogen) atoms. The van der Waals surface area contributed by atoms with E-state index < -0.39 is 6.61 Å². The van der Waals surface area contributed by atoms with Gasteiger partial charge in [0.05, 0.1) is 13.2 Å². The summed E-state index contributed by atoms with van der Waals surface area (Å²) in [6, 6.07) is 2.99. The second-order valence-electron chi connectivity index (χ2n) is 6.40. The Bertz CT molecular complexity index is 672. The van der Waals surface area contributed by atoms with E-state index in [1.807, 2.05) is 6.92 Å². The number of nitrogens with one attached hydrogen (secondary N) is 2. The van der Waals surface area contributed by atoms with E-state index in [1.54, 1.807) is 6.07 Å². The molecule has 1 aliphatic heterocycles. The Kier molecular flexibility index (Phi) is 7.71. The summed E-state index contributed by atoms with van der Waals surface area (Å²) in [4.78, 5) is 4.43. The highest BCUT2D eigenvalue weighted by Crippen LogP contribution is 2.44. The van der Waals surface area contributed by atoms with Gasteiger partial charge >= 0.3 is 6.61 Å². The van der Waals surface area contributed by atoms with E-state index in [1.165, 1.54) is 6.07 Å². The Balaban J connectivity index is 0.00000261. The summed E-state index contributed by atoms with van der Waals surface area (Å²) in [6.45, 7) is 0.555. The van der Waals surface area contributed by atoms with Crippen molar-refractivity contribution in [3.8, 4) is 17.2 Å². The van der Waals surface area contributed by atoms with Crippen LogP contribution in [0.3, 0.4) is 0 Å². The quantitative estimate of drug-likeness (QED) is 0.290. The number of nitrogens with zero attached hydrogens (tertiary/aromatic N) is 1. The number of hydrogen-bond donors (Lipinski definition) is 3. The van der Waals surface area contributed by atoms with Crippen molar-refractivity contribution in [2.24, 2.45) is 10.4 Å². The molecule has 0 unspecified atom stereocenters. The zero-order valence-corrected chi connectivity index (χ0v) is 17.3. The lowest BCUT2D eigenvalue weighted by atomic mass is 10.1. The molecule has 1 aromatic rings. The van der Waals surface area contributed by atoms with Crippen molar-refractivity contribution >= 4 is 29.9 Å². The van der Waals surface area contributed by atoms with Crippen LogP contribution in [0.4, 0.5) is 8.78 Å². The third-order valence-corrected chi connectivity index (χ3v) is 4.45. The predicted octanol–water partition coefficient (Wildman–Crippen LogP) is 2.46. The average molecular weight is 499 g/mol. The summed E-state index contributed by atoms with van der Waals surface area (Å²) in [5, 5.41) is 15.7. The third kappa shape index (κ3) is 5.71. The number of halogens is 3. The molecule has 1 aromatic carbocycles. The molecule has 0 bridgehead atoms. The van der Waals surface area contributed by atoms with E-state index in [9.17, 15) is 13.9 Å². The highest BCUT2D eigenvalue weighted by molar-refractivity contribution is 14.0. The van der Waals surface area contributed by atoms with Crippen molar-refractivity contribution in [2.75, 3.05) is 26.5 Å². The van der Waals surface area contributed by atoms with Crippen molar-refractivity contribution in [3.05, 3.63) is 17.7 Å². The molecular weight excluding hydrogens is 475 g/mol. The van der Waals surface area contributed by atoms with Crippen molar-refractivity contribution < 1.29 is 28.1 Å². The second-order valence-corrected chi connectivity index (χ2v) is 6.40. The van der Waals surface area contributed by atoms with Crippen molar-refractivity contribution in [3.63, 3.8) is 0 Å². The molecule has 7 nitrogen and oxygen atoms in total. The van der Waals surface area contributed by atoms with E-state index in [4.69, 9.17) is 9.47 Å². The molecule has 3 rings (SSSR count). The molecule has 1 saturated carbocycles. The van der Waals surface area contributed by atoms with E-state index in [0.717, 1.165) is 12.8 Å². The molecule has 0 saturated heterocycles. The number of aliphatic hydroxyl groups excluding tert-OH is 1. The van der Waals surface area contributed by atoms with Gasteiger partial charge in [-0.25, -0.2) is 4.99 Å². The molecule has 0 radical (unpaired) electrons. The maximum absolute atomic E-state index is 12.7. The minimum absolute atomic E-state index is 0. The first kappa shape index (κ1) is 21.7. The van der Waals surface area contributed by atoms with Crippen LogP contribution in [-0.4, -0.2) is 44.2 Å². The van der Waals surface area contributed by atoms with Crippen molar-refractivity contribution in [1.29, 1.82) is 0 Å². The number of fused-ring (bicyclic) bond motifs is 1. The lowest BCUT2D eigenvalue weighted by Crippen LogP contribution is -2.41. The lowest BCUT2D eigenvalue weighted by molar-refractivity contribution is -0.0505. The fraction of sp³-hybridized carbons (Fsp3) is 0.588. The topological polar surface area (TPSA) is 84.3 Å². The highest BCUT2D eigenvalue weighted by atomic mass is 127. The van der Waals surface area contributed by atoms with Crippen LogP contribution in [-0.2, 0) is 6.54 Å². The van der Waals surface area contributed by atoms with Gasteiger partial charge in [0.25, 0.3) is 0 Å². The minimum Gasteiger partial charge on any atom is -0.454 e. The number of ether oxygens (including phenoxy) is 3. The third-order valence-electron chi connectivity index (χ3n) is 4.45. The van der Waals surface area contributed by atoms with Gasteiger partial charge in [0.1, 0.15) is 5.75 Å². The molecule has 0 atom stereocenters. The van der Waals surface area contributed by atoms with Crippen LogP contribution in [0.1, 0.15) is 25.3 Å². The van der Waals surface area contributed by atoms with E-state index >= 15 is 0 Å². The highest BCUT2D eigenvalue weighted by Gasteiger charge is 2.41. The summed E-state index contributed by atoms with van der Waals surface area (Å²) < 4.78 is 40.5. The Morgan fingerprint density at radius 3 is 2.59 bits per heavy atom. The number of hydrogen-bond acceptors (Lipinski definition) is 5. The number of rotatable bonds is 8. The summed E-state index contributed by atoms with van der Waals surface area (Å²) in [7, 11) is 0. The van der Waals surface area contributed by atoms with Gasteiger partial charge in [0.15, 0.2) is 17.5 Å². The molecule has 1 fully saturated rings. The average Bonchev–Trinajstić information content (AvgIpc) is 3.26. The second kappa shape index (κ2) is 9.58. The van der Waals surface area contributed by atoms with Crippen molar-refractivity contribution in [2.45, 2.75) is 32.9 Å². The number of aliphatic imine (C=N–C) groups is 1. The standard InChI is InChI=1S/C17H23F2N3O4.HI/c1-2-20-16(22-8-17(9-23)3-4-17)21-7-11-5-13-14(25-10-24-13)6-12(11)26-15(18)19;/h5-6,15,23H,2-4,7-10H2,1H3,(H2,20,21,22);1H. The van der Waals surface area contributed by atoms with Crippen LogP contribution < -0.4 is 24.8 Å². The zero-order chi connectivity index (χ0) is 18.6. The Hall–Kier alpha value is -1.56. The number of benzene rings is 1. The molecule has 0 aromatic heterocycles. The van der Waals surface area contributed by atoms with Crippen LogP contribution in [0.15, 0.2) is 17.1 Å². The monoisotopic (exact) mass is 499 g/mol. The molecule has 2 aliphatic rings. The first-order chi connectivity index (χ1) is 12.5.